The van der Waals surface area contributed by atoms with Crippen LogP contribution in [0, 0.1) is 5.92 Å². The maximum absolute atomic E-state index is 11.9. The van der Waals surface area contributed by atoms with Gasteiger partial charge in [-0.2, -0.15) is 0 Å². The zero-order valence-electron chi connectivity index (χ0n) is 10.4. The molecule has 0 bridgehead atoms. The molecule has 0 aromatic heterocycles. The van der Waals surface area contributed by atoms with Crippen LogP contribution in [0.5, 0.6) is 0 Å². The number of thioether (sulfide) groups is 1. The summed E-state index contributed by atoms with van der Waals surface area (Å²) >= 11 is 13.3. The molecule has 19 heavy (non-hydrogen) atoms. The van der Waals surface area contributed by atoms with Crippen LogP contribution in [0.3, 0.4) is 0 Å². The molecule has 1 aromatic carbocycles. The van der Waals surface area contributed by atoms with Crippen LogP contribution >= 0.6 is 35.0 Å². The lowest BCUT2D eigenvalue weighted by atomic mass is 10.1. The highest BCUT2D eigenvalue weighted by Gasteiger charge is 2.26. The Hall–Kier alpha value is -0.910. The molecule has 0 unspecified atom stereocenters. The molecule has 0 radical (unpaired) electrons. The molecule has 0 fully saturated rings. The maximum Gasteiger partial charge on any atom is 0.318 e. The standard InChI is InChI=1S/C12H14Cl2N2O2S/c1-6(2)9(11(17)16-12(15)18)19-10-7(13)4-3-5-8(10)14/h3-6,9H,1-2H3,(H3,15,16,17,18)/t9-/m0/s1. The van der Waals surface area contributed by atoms with Crippen LogP contribution in [-0.2, 0) is 4.79 Å². The Kier molecular flexibility index (Phi) is 5.97. The summed E-state index contributed by atoms with van der Waals surface area (Å²) in [4.78, 5) is 23.3. The highest BCUT2D eigenvalue weighted by molar-refractivity contribution is 8.00. The van der Waals surface area contributed by atoms with E-state index < -0.39 is 17.2 Å². The van der Waals surface area contributed by atoms with Gasteiger partial charge in [0.1, 0.15) is 0 Å². The van der Waals surface area contributed by atoms with Gasteiger partial charge in [0, 0.05) is 4.90 Å². The zero-order valence-corrected chi connectivity index (χ0v) is 12.8. The zero-order chi connectivity index (χ0) is 14.6. The Morgan fingerprint density at radius 2 is 1.79 bits per heavy atom. The monoisotopic (exact) mass is 320 g/mol. The van der Waals surface area contributed by atoms with E-state index in [1.54, 1.807) is 18.2 Å². The minimum absolute atomic E-state index is 0.0170. The minimum atomic E-state index is -0.874. The second kappa shape index (κ2) is 7.03. The summed E-state index contributed by atoms with van der Waals surface area (Å²) in [6.45, 7) is 3.73. The molecule has 0 aliphatic carbocycles. The average Bonchev–Trinajstić information content (AvgIpc) is 2.26. The molecule has 3 amide bonds. The van der Waals surface area contributed by atoms with E-state index >= 15 is 0 Å². The van der Waals surface area contributed by atoms with Crippen molar-refractivity contribution in [3.63, 3.8) is 0 Å². The van der Waals surface area contributed by atoms with Crippen LogP contribution in [0.2, 0.25) is 10.0 Å². The van der Waals surface area contributed by atoms with Crippen molar-refractivity contribution in [2.75, 3.05) is 0 Å². The molecule has 0 aliphatic heterocycles. The number of primary amides is 1. The normalized spacial score (nSPS) is 12.3. The van der Waals surface area contributed by atoms with E-state index in [0.717, 1.165) is 0 Å². The third-order valence-electron chi connectivity index (χ3n) is 2.27. The van der Waals surface area contributed by atoms with Crippen molar-refractivity contribution in [2.24, 2.45) is 11.7 Å². The molecule has 3 N–H and O–H groups in total. The third kappa shape index (κ3) is 4.60. The van der Waals surface area contributed by atoms with Gasteiger partial charge in [0.05, 0.1) is 15.3 Å². The topological polar surface area (TPSA) is 72.2 Å². The Morgan fingerprint density at radius 3 is 2.21 bits per heavy atom. The SMILES string of the molecule is CC(C)[C@H](Sc1c(Cl)cccc1Cl)C(=O)NC(N)=O. The fourth-order valence-corrected chi connectivity index (χ4v) is 3.13. The first-order chi connectivity index (χ1) is 8.82. The first-order valence-electron chi connectivity index (χ1n) is 5.54. The Bertz CT molecular complexity index is 474. The van der Waals surface area contributed by atoms with Gasteiger partial charge in [-0.05, 0) is 18.1 Å². The fourth-order valence-electron chi connectivity index (χ4n) is 1.41. The van der Waals surface area contributed by atoms with Gasteiger partial charge in [0.25, 0.3) is 0 Å². The molecule has 0 saturated carbocycles. The number of nitrogens with two attached hydrogens (primary N) is 1. The fraction of sp³-hybridized carbons (Fsp3) is 0.333. The second-order valence-electron chi connectivity index (χ2n) is 4.19. The summed E-state index contributed by atoms with van der Waals surface area (Å²) < 4.78 is 0. The van der Waals surface area contributed by atoms with E-state index in [2.05, 4.69) is 5.32 Å². The van der Waals surface area contributed by atoms with Crippen LogP contribution in [-0.4, -0.2) is 17.2 Å². The summed E-state index contributed by atoms with van der Waals surface area (Å²) in [6, 6.07) is 4.24. The van der Waals surface area contributed by atoms with Crippen LogP contribution in [0.15, 0.2) is 23.1 Å². The molecule has 0 heterocycles. The smallest absolute Gasteiger partial charge is 0.318 e. The van der Waals surface area contributed by atoms with E-state index in [9.17, 15) is 9.59 Å². The number of carbonyl (C=O) groups is 2. The number of halogens is 2. The molecule has 0 spiro atoms. The number of hydrogen-bond donors (Lipinski definition) is 2. The number of urea groups is 1. The van der Waals surface area contributed by atoms with E-state index in [4.69, 9.17) is 28.9 Å². The minimum Gasteiger partial charge on any atom is -0.351 e. The lowest BCUT2D eigenvalue weighted by Crippen LogP contribution is -2.42. The van der Waals surface area contributed by atoms with Gasteiger partial charge in [-0.15, -0.1) is 11.8 Å². The van der Waals surface area contributed by atoms with Gasteiger partial charge in [-0.1, -0.05) is 43.1 Å². The highest BCUT2D eigenvalue weighted by Crippen LogP contribution is 2.38. The van der Waals surface area contributed by atoms with Gasteiger partial charge < -0.3 is 5.73 Å². The van der Waals surface area contributed by atoms with E-state index in [-0.39, 0.29) is 5.92 Å². The average molecular weight is 321 g/mol. The largest absolute Gasteiger partial charge is 0.351 e. The summed E-state index contributed by atoms with van der Waals surface area (Å²) in [7, 11) is 0. The summed E-state index contributed by atoms with van der Waals surface area (Å²) in [5.74, 6) is -0.472. The number of amides is 3. The summed E-state index contributed by atoms with van der Waals surface area (Å²) in [5, 5.41) is 2.50. The van der Waals surface area contributed by atoms with Gasteiger partial charge >= 0.3 is 6.03 Å². The highest BCUT2D eigenvalue weighted by atomic mass is 35.5. The van der Waals surface area contributed by atoms with Crippen LogP contribution in [0.4, 0.5) is 4.79 Å². The van der Waals surface area contributed by atoms with Crippen LogP contribution < -0.4 is 11.1 Å². The van der Waals surface area contributed by atoms with Crippen molar-refractivity contribution in [1.82, 2.24) is 5.32 Å². The summed E-state index contributed by atoms with van der Waals surface area (Å²) in [5.41, 5.74) is 4.95. The molecular formula is C12H14Cl2N2O2S. The predicted octanol–water partition coefficient (Wildman–Crippen LogP) is 3.31. The molecular weight excluding hydrogens is 307 g/mol. The van der Waals surface area contributed by atoms with Crippen LogP contribution in [0.25, 0.3) is 0 Å². The number of imide groups is 1. The van der Waals surface area contributed by atoms with Gasteiger partial charge in [-0.25, -0.2) is 4.79 Å². The number of carbonyl (C=O) groups excluding carboxylic acids is 2. The molecule has 0 aliphatic rings. The lowest BCUT2D eigenvalue weighted by molar-refractivity contribution is -0.120. The van der Waals surface area contributed by atoms with E-state index in [1.807, 2.05) is 13.8 Å². The van der Waals surface area contributed by atoms with Gasteiger partial charge in [0.2, 0.25) is 5.91 Å². The van der Waals surface area contributed by atoms with Crippen molar-refractivity contribution in [3.05, 3.63) is 28.2 Å². The molecule has 1 atom stereocenters. The Labute approximate surface area is 126 Å². The third-order valence-corrected chi connectivity index (χ3v) is 4.82. The predicted molar refractivity (Wildman–Crippen MR) is 78.7 cm³/mol. The molecule has 4 nitrogen and oxygen atoms in total. The molecule has 1 rings (SSSR count). The van der Waals surface area contributed by atoms with Crippen molar-refractivity contribution in [3.8, 4) is 0 Å². The van der Waals surface area contributed by atoms with E-state index in [0.29, 0.717) is 14.9 Å². The second-order valence-corrected chi connectivity index (χ2v) is 6.15. The number of hydrogen-bond acceptors (Lipinski definition) is 3. The van der Waals surface area contributed by atoms with Crippen LogP contribution in [0.1, 0.15) is 13.8 Å². The van der Waals surface area contributed by atoms with Gasteiger partial charge in [0.15, 0.2) is 0 Å². The lowest BCUT2D eigenvalue weighted by Gasteiger charge is -2.19. The molecule has 7 heteroatoms. The van der Waals surface area contributed by atoms with Crippen molar-refractivity contribution in [2.45, 2.75) is 24.0 Å². The quantitative estimate of drug-likeness (QED) is 0.836. The molecule has 1 aromatic rings. The Balaban J connectivity index is 2.96. The number of benzene rings is 1. The molecule has 0 saturated heterocycles. The first-order valence-corrected chi connectivity index (χ1v) is 7.17. The van der Waals surface area contributed by atoms with Crippen molar-refractivity contribution < 1.29 is 9.59 Å². The maximum atomic E-state index is 11.9. The van der Waals surface area contributed by atoms with Gasteiger partial charge in [-0.3, -0.25) is 10.1 Å². The number of rotatable bonds is 4. The first kappa shape index (κ1) is 16.1. The summed E-state index contributed by atoms with van der Waals surface area (Å²) in [6.07, 6.45) is 0. The number of nitrogens with one attached hydrogen (secondary N) is 1. The van der Waals surface area contributed by atoms with E-state index in [1.165, 1.54) is 11.8 Å². The Morgan fingerprint density at radius 1 is 1.26 bits per heavy atom. The molecule has 104 valence electrons. The van der Waals surface area contributed by atoms with Crippen molar-refractivity contribution >= 4 is 46.9 Å². The van der Waals surface area contributed by atoms with Crippen molar-refractivity contribution in [1.29, 1.82) is 0 Å².